The SMILES string of the molecule is CC/C=C\C/C=C\C/C=C\C/C=C\C/C=C\C/C=C\C/C=C\C/C=C\CCCCCCCCCCCCC(=O)OC(COC(=O)CCCCCCCCCCCCCCCCC/C=C\C/C=C\CCCCCCC)COC(OCC[N+](C)(C)C)C(=O)O. The molecule has 2 unspecified atom stereocenters. The third-order valence-corrected chi connectivity index (χ3v) is 15.2. The highest BCUT2D eigenvalue weighted by atomic mass is 16.7. The fourth-order valence-corrected chi connectivity index (χ4v) is 9.77. The standard InChI is InChI=1S/C78H133NO8/c1-6-8-10-12-14-16-18-20-22-24-26-28-30-32-34-35-36-37-38-39-40-41-43-45-47-49-51-53-55-57-59-61-63-65-67-69-76(81)87-74(73-86-78(77(82)83)84-71-70-79(3,4)5)72-85-75(80)68-66-64-62-60-58-56-54-52-50-48-46-44-42-33-31-29-27-25-23-21-19-17-15-13-11-9-7-2/h8,10,14,16,19-22,25-28,32,34,36-37,39-40,43,45,74,78H,6-7,9,11-13,15,17-18,23-24,29-31,33,35,38,41-42,44,46-73H2,1-5H3/p+1/b10-8-,16-14-,21-19-,22-20-,27-25-,28-26-,34-32-,37-36-,40-39-,45-43-. The first-order valence-corrected chi connectivity index (χ1v) is 35.7. The van der Waals surface area contributed by atoms with Crippen molar-refractivity contribution in [3.8, 4) is 0 Å². The number of aliphatic carboxylic acids is 1. The summed E-state index contributed by atoms with van der Waals surface area (Å²) in [4.78, 5) is 37.6. The molecule has 0 saturated heterocycles. The van der Waals surface area contributed by atoms with E-state index in [0.29, 0.717) is 23.9 Å². The van der Waals surface area contributed by atoms with E-state index in [1.807, 2.05) is 21.1 Å². The number of hydrogen-bond donors (Lipinski definition) is 1. The van der Waals surface area contributed by atoms with Crippen LogP contribution >= 0.6 is 0 Å². The lowest BCUT2D eigenvalue weighted by Gasteiger charge is -2.25. The van der Waals surface area contributed by atoms with E-state index in [1.54, 1.807) is 0 Å². The molecule has 0 aromatic heterocycles. The number of rotatable bonds is 65. The molecule has 2 atom stereocenters. The zero-order valence-corrected chi connectivity index (χ0v) is 56.9. The summed E-state index contributed by atoms with van der Waals surface area (Å²) in [6, 6.07) is 0. The lowest BCUT2D eigenvalue weighted by atomic mass is 10.0. The first-order valence-electron chi connectivity index (χ1n) is 35.7. The van der Waals surface area contributed by atoms with Crippen molar-refractivity contribution in [2.45, 2.75) is 309 Å². The van der Waals surface area contributed by atoms with Crippen LogP contribution in [0.15, 0.2) is 122 Å². The summed E-state index contributed by atoms with van der Waals surface area (Å²) in [6.07, 6.45) is 93.0. The number of quaternary nitrogens is 1. The van der Waals surface area contributed by atoms with Gasteiger partial charge in [-0.1, -0.05) is 296 Å². The zero-order chi connectivity index (χ0) is 63.3. The van der Waals surface area contributed by atoms with Crippen LogP contribution in [0, 0.1) is 0 Å². The number of unbranched alkanes of at least 4 members (excludes halogenated alkanes) is 30. The largest absolute Gasteiger partial charge is 0.477 e. The number of carbonyl (C=O) groups excluding carboxylic acids is 2. The molecule has 0 rings (SSSR count). The minimum atomic E-state index is -1.52. The highest BCUT2D eigenvalue weighted by Gasteiger charge is 2.25. The van der Waals surface area contributed by atoms with E-state index in [1.165, 1.54) is 161 Å². The maximum atomic E-state index is 13.0. The van der Waals surface area contributed by atoms with E-state index in [4.69, 9.17) is 18.9 Å². The van der Waals surface area contributed by atoms with E-state index in [2.05, 4.69) is 135 Å². The van der Waals surface area contributed by atoms with Gasteiger partial charge in [0.25, 0.3) is 6.29 Å². The smallest absolute Gasteiger partial charge is 0.361 e. The highest BCUT2D eigenvalue weighted by molar-refractivity contribution is 5.71. The molecule has 0 aromatic rings. The van der Waals surface area contributed by atoms with Gasteiger partial charge in [-0.25, -0.2) is 4.79 Å². The molecule has 9 nitrogen and oxygen atoms in total. The second-order valence-electron chi connectivity index (χ2n) is 24.8. The van der Waals surface area contributed by atoms with Gasteiger partial charge in [0.1, 0.15) is 13.2 Å². The number of likely N-dealkylation sites (N-methyl/N-ethyl adjacent to an activating group) is 1. The van der Waals surface area contributed by atoms with Crippen molar-refractivity contribution in [1.29, 1.82) is 0 Å². The summed E-state index contributed by atoms with van der Waals surface area (Å²) < 4.78 is 23.0. The average Bonchev–Trinajstić information content (AvgIpc) is 3.56. The molecule has 0 spiro atoms. The predicted molar refractivity (Wildman–Crippen MR) is 373 cm³/mol. The summed E-state index contributed by atoms with van der Waals surface area (Å²) in [5, 5.41) is 9.75. The van der Waals surface area contributed by atoms with Gasteiger partial charge in [0.2, 0.25) is 0 Å². The number of allylic oxidation sites excluding steroid dienone is 20. The molecule has 0 fully saturated rings. The predicted octanol–water partition coefficient (Wildman–Crippen LogP) is 22.4. The first-order chi connectivity index (χ1) is 42.6. The maximum Gasteiger partial charge on any atom is 0.361 e. The lowest BCUT2D eigenvalue weighted by Crippen LogP contribution is -2.40. The zero-order valence-electron chi connectivity index (χ0n) is 56.9. The average molecular weight is 1210 g/mol. The Morgan fingerprint density at radius 3 is 0.977 bits per heavy atom. The van der Waals surface area contributed by atoms with Crippen LogP contribution in [-0.2, 0) is 33.3 Å². The Morgan fingerprint density at radius 2 is 0.655 bits per heavy atom. The Balaban J connectivity index is 4.15. The van der Waals surface area contributed by atoms with Crippen LogP contribution in [0.3, 0.4) is 0 Å². The maximum absolute atomic E-state index is 13.0. The minimum absolute atomic E-state index is 0.182. The molecule has 87 heavy (non-hydrogen) atoms. The molecule has 9 heteroatoms. The van der Waals surface area contributed by atoms with Gasteiger partial charge in [0.05, 0.1) is 34.4 Å². The number of nitrogens with zero attached hydrogens (tertiary/aromatic N) is 1. The van der Waals surface area contributed by atoms with Crippen LogP contribution in [0.4, 0.5) is 0 Å². The van der Waals surface area contributed by atoms with Gasteiger partial charge in [-0.15, -0.1) is 0 Å². The normalized spacial score (nSPS) is 13.4. The summed E-state index contributed by atoms with van der Waals surface area (Å²) in [5.74, 6) is -2.01. The molecule has 0 aliphatic rings. The van der Waals surface area contributed by atoms with Gasteiger partial charge < -0.3 is 28.5 Å². The highest BCUT2D eigenvalue weighted by Crippen LogP contribution is 2.17. The quantitative estimate of drug-likeness (QED) is 0.0211. The van der Waals surface area contributed by atoms with Crippen LogP contribution in [0.1, 0.15) is 296 Å². The van der Waals surface area contributed by atoms with E-state index in [-0.39, 0.29) is 32.2 Å². The second-order valence-corrected chi connectivity index (χ2v) is 24.8. The molecule has 0 aliphatic carbocycles. The Bertz CT molecular complexity index is 1840. The topological polar surface area (TPSA) is 108 Å². The fourth-order valence-electron chi connectivity index (χ4n) is 9.77. The summed E-state index contributed by atoms with van der Waals surface area (Å²) in [7, 11) is 5.97. The van der Waals surface area contributed by atoms with E-state index >= 15 is 0 Å². The number of ether oxygens (including phenoxy) is 4. The number of esters is 2. The molecule has 0 saturated carbocycles. The number of carboxylic acid groups (broad SMARTS) is 1. The van der Waals surface area contributed by atoms with Crippen LogP contribution in [0.25, 0.3) is 0 Å². The number of carboxylic acids is 1. The Morgan fingerprint density at radius 1 is 0.356 bits per heavy atom. The molecular formula is C78H134NO8+. The van der Waals surface area contributed by atoms with Crippen LogP contribution < -0.4 is 0 Å². The van der Waals surface area contributed by atoms with Crippen LogP contribution in [0.2, 0.25) is 0 Å². The molecule has 498 valence electrons. The molecule has 0 bridgehead atoms. The molecule has 1 N–H and O–H groups in total. The van der Waals surface area contributed by atoms with Crippen molar-refractivity contribution in [3.63, 3.8) is 0 Å². The molecular weight excluding hydrogens is 1080 g/mol. The number of carbonyl (C=O) groups is 3. The molecule has 0 heterocycles. The third kappa shape index (κ3) is 69.0. The van der Waals surface area contributed by atoms with Crippen molar-refractivity contribution < 1.29 is 42.9 Å². The Kier molecular flexibility index (Phi) is 64.3. The fraction of sp³-hybridized carbons (Fsp3) is 0.705. The van der Waals surface area contributed by atoms with Crippen LogP contribution in [-0.4, -0.2) is 87.4 Å². The van der Waals surface area contributed by atoms with Crippen molar-refractivity contribution in [2.24, 2.45) is 0 Å². The van der Waals surface area contributed by atoms with Gasteiger partial charge in [0, 0.05) is 12.8 Å². The molecule has 0 aliphatic heterocycles. The van der Waals surface area contributed by atoms with Crippen LogP contribution in [0.5, 0.6) is 0 Å². The lowest BCUT2D eigenvalue weighted by molar-refractivity contribution is -0.870. The van der Waals surface area contributed by atoms with Gasteiger partial charge >= 0.3 is 17.9 Å². The van der Waals surface area contributed by atoms with E-state index in [9.17, 15) is 19.5 Å². The second kappa shape index (κ2) is 67.6. The van der Waals surface area contributed by atoms with Gasteiger partial charge in [-0.3, -0.25) is 9.59 Å². The van der Waals surface area contributed by atoms with Gasteiger partial charge in [-0.05, 0) is 109 Å². The summed E-state index contributed by atoms with van der Waals surface area (Å²) in [5.41, 5.74) is 0. The molecule has 0 radical (unpaired) electrons. The minimum Gasteiger partial charge on any atom is -0.477 e. The van der Waals surface area contributed by atoms with Gasteiger partial charge in [0.15, 0.2) is 6.10 Å². The monoisotopic (exact) mass is 1210 g/mol. The van der Waals surface area contributed by atoms with Crippen molar-refractivity contribution in [1.82, 2.24) is 0 Å². The van der Waals surface area contributed by atoms with Gasteiger partial charge in [-0.2, -0.15) is 0 Å². The Labute approximate surface area is 536 Å². The molecule has 0 aromatic carbocycles. The summed E-state index contributed by atoms with van der Waals surface area (Å²) in [6.45, 7) is 4.77. The van der Waals surface area contributed by atoms with E-state index in [0.717, 1.165) is 103 Å². The summed E-state index contributed by atoms with van der Waals surface area (Å²) >= 11 is 0. The number of hydrogen-bond acceptors (Lipinski definition) is 7. The third-order valence-electron chi connectivity index (χ3n) is 15.2. The van der Waals surface area contributed by atoms with Crippen molar-refractivity contribution in [2.75, 3.05) is 47.5 Å². The van der Waals surface area contributed by atoms with E-state index < -0.39 is 24.3 Å². The van der Waals surface area contributed by atoms with Crippen molar-refractivity contribution >= 4 is 17.9 Å². The molecule has 0 amide bonds. The Hall–Kier alpha value is -4.31. The first kappa shape index (κ1) is 82.7. The van der Waals surface area contributed by atoms with Crippen molar-refractivity contribution in [3.05, 3.63) is 122 Å².